The fraction of sp³-hybridized carbons (Fsp3) is 0.938. The molecule has 0 rings (SSSR count). The second kappa shape index (κ2) is 56.6. The number of carbonyl (C=O) groups excluding carboxylic acids is 4. The van der Waals surface area contributed by atoms with Crippen LogP contribution in [0.2, 0.25) is 0 Å². The number of ether oxygens (including phenoxy) is 4. The summed E-state index contributed by atoms with van der Waals surface area (Å²) in [5.74, 6) is 0.696. The summed E-state index contributed by atoms with van der Waals surface area (Å²) in [7, 11) is 0. The van der Waals surface area contributed by atoms with E-state index in [1.54, 1.807) is 0 Å². The summed E-state index contributed by atoms with van der Waals surface area (Å²) in [6, 6.07) is 0. The lowest BCUT2D eigenvalue weighted by atomic mass is 9.96. The van der Waals surface area contributed by atoms with Crippen LogP contribution in [0.15, 0.2) is 0 Å². The van der Waals surface area contributed by atoms with E-state index in [4.69, 9.17) is 18.9 Å². The molecule has 456 valence electrons. The number of unbranched alkanes of at least 4 members (excludes halogenated alkanes) is 22. The van der Waals surface area contributed by atoms with Crippen LogP contribution in [-0.4, -0.2) is 147 Å². The summed E-state index contributed by atoms with van der Waals surface area (Å²) in [4.78, 5) is 61.0. The Bertz CT molecular complexity index is 1220. The van der Waals surface area contributed by atoms with Crippen LogP contribution in [-0.2, 0) is 28.5 Å². The predicted octanol–water partition coefficient (Wildman–Crippen LogP) is 16.0. The van der Waals surface area contributed by atoms with E-state index in [0.717, 1.165) is 116 Å². The Morgan fingerprint density at radius 3 is 0.987 bits per heavy atom. The monoisotopic (exact) mass is 1090 g/mol. The topological polar surface area (TPSA) is 138 Å². The number of nitrogens with zero attached hydrogens (tertiary/aromatic N) is 4. The Morgan fingerprint density at radius 1 is 0.338 bits per heavy atom. The molecule has 1 N–H and O–H groups in total. The first kappa shape index (κ1) is 74.4. The summed E-state index contributed by atoms with van der Waals surface area (Å²) in [6.45, 7) is 23.3. The lowest BCUT2D eigenvalue weighted by Gasteiger charge is -2.28. The van der Waals surface area contributed by atoms with E-state index in [1.807, 2.05) is 9.80 Å². The van der Waals surface area contributed by atoms with Crippen molar-refractivity contribution in [2.75, 3.05) is 98.5 Å². The van der Waals surface area contributed by atoms with E-state index in [-0.39, 0.29) is 43.9 Å². The van der Waals surface area contributed by atoms with Crippen molar-refractivity contribution in [3.63, 3.8) is 0 Å². The molecule has 0 bridgehead atoms. The van der Waals surface area contributed by atoms with Gasteiger partial charge >= 0.3 is 24.1 Å². The summed E-state index contributed by atoms with van der Waals surface area (Å²) < 4.78 is 23.5. The van der Waals surface area contributed by atoms with Crippen LogP contribution in [0.5, 0.6) is 0 Å². The van der Waals surface area contributed by atoms with Gasteiger partial charge in [0.25, 0.3) is 0 Å². The lowest BCUT2D eigenvalue weighted by molar-refractivity contribution is -0.146. The third kappa shape index (κ3) is 46.8. The van der Waals surface area contributed by atoms with Crippen molar-refractivity contribution in [2.24, 2.45) is 11.8 Å². The molecule has 13 heteroatoms. The third-order valence-corrected chi connectivity index (χ3v) is 15.4. The fourth-order valence-electron chi connectivity index (χ4n) is 10.1. The van der Waals surface area contributed by atoms with Gasteiger partial charge < -0.3 is 38.8 Å². The Balaban J connectivity index is 5.49. The minimum Gasteiger partial charge on any atom is -0.465 e. The first-order valence-electron chi connectivity index (χ1n) is 32.8. The van der Waals surface area contributed by atoms with Gasteiger partial charge in [0, 0.05) is 71.7 Å². The van der Waals surface area contributed by atoms with Crippen LogP contribution in [0.3, 0.4) is 0 Å². The molecule has 0 aromatic rings. The summed E-state index contributed by atoms with van der Waals surface area (Å²) in [6.07, 6.45) is 37.6. The minimum absolute atomic E-state index is 0.0811. The van der Waals surface area contributed by atoms with E-state index in [0.29, 0.717) is 90.2 Å². The molecule has 13 nitrogen and oxygen atoms in total. The second-order valence-electron chi connectivity index (χ2n) is 22.4. The maximum absolute atomic E-state index is 13.7. The fourth-order valence-corrected chi connectivity index (χ4v) is 10.1. The van der Waals surface area contributed by atoms with Gasteiger partial charge in [0.2, 0.25) is 0 Å². The number of hydrogen-bond acceptors (Lipinski definition) is 11. The third-order valence-electron chi connectivity index (χ3n) is 15.4. The van der Waals surface area contributed by atoms with Gasteiger partial charge in [0.15, 0.2) is 0 Å². The van der Waals surface area contributed by atoms with Crippen molar-refractivity contribution in [3.05, 3.63) is 0 Å². The molecular weight excluding hydrogens is 969 g/mol. The Labute approximate surface area is 475 Å². The molecule has 0 fully saturated rings. The normalized spacial score (nSPS) is 11.6. The van der Waals surface area contributed by atoms with Gasteiger partial charge in [0.1, 0.15) is 13.2 Å². The molecule has 77 heavy (non-hydrogen) atoms. The zero-order chi connectivity index (χ0) is 56.7. The van der Waals surface area contributed by atoms with Crippen molar-refractivity contribution < 1.29 is 43.2 Å². The molecule has 0 aliphatic carbocycles. The molecule has 0 saturated carbocycles. The number of rotatable bonds is 58. The molecule has 0 aliphatic heterocycles. The highest BCUT2D eigenvalue weighted by Gasteiger charge is 2.20. The van der Waals surface area contributed by atoms with Gasteiger partial charge in [-0.15, -0.1) is 0 Å². The van der Waals surface area contributed by atoms with Gasteiger partial charge in [-0.05, 0) is 82.6 Å². The molecular formula is C64H126N4O9. The Hall–Kier alpha value is -2.64. The number of amides is 2. The van der Waals surface area contributed by atoms with Crippen molar-refractivity contribution in [3.8, 4) is 0 Å². The molecule has 0 aliphatic rings. The van der Waals surface area contributed by atoms with Crippen molar-refractivity contribution >= 4 is 24.1 Å². The predicted molar refractivity (Wildman–Crippen MR) is 321 cm³/mol. The summed E-state index contributed by atoms with van der Waals surface area (Å²) in [5.41, 5.74) is 0. The number of hydrogen-bond donors (Lipinski definition) is 1. The van der Waals surface area contributed by atoms with Crippen LogP contribution < -0.4 is 0 Å². The van der Waals surface area contributed by atoms with Gasteiger partial charge in [-0.2, -0.15) is 0 Å². The van der Waals surface area contributed by atoms with Crippen molar-refractivity contribution in [2.45, 2.75) is 280 Å². The first-order chi connectivity index (χ1) is 37.6. The molecule has 0 spiro atoms. The Morgan fingerprint density at radius 2 is 0.649 bits per heavy atom. The highest BCUT2D eigenvalue weighted by atomic mass is 16.6. The lowest BCUT2D eigenvalue weighted by Crippen LogP contribution is -2.41. The number of aliphatic hydroxyl groups excluding tert-OH is 1. The molecule has 0 atom stereocenters. The van der Waals surface area contributed by atoms with E-state index in [2.05, 4.69) is 58.3 Å². The summed E-state index contributed by atoms with van der Waals surface area (Å²) >= 11 is 0. The van der Waals surface area contributed by atoms with E-state index >= 15 is 0 Å². The van der Waals surface area contributed by atoms with Gasteiger partial charge in [-0.3, -0.25) is 14.5 Å². The van der Waals surface area contributed by atoms with Crippen LogP contribution >= 0.6 is 0 Å². The molecule has 0 aromatic carbocycles. The Kier molecular flexibility index (Phi) is 54.7. The van der Waals surface area contributed by atoms with E-state index in [1.165, 1.54) is 116 Å². The van der Waals surface area contributed by atoms with E-state index in [9.17, 15) is 24.3 Å². The molecule has 0 aromatic heterocycles. The number of esters is 2. The number of aliphatic hydroxyl groups is 1. The minimum atomic E-state index is -0.302. The zero-order valence-electron chi connectivity index (χ0n) is 51.7. The van der Waals surface area contributed by atoms with Gasteiger partial charge in [0.05, 0.1) is 19.8 Å². The quantitative estimate of drug-likeness (QED) is 0.0354. The maximum atomic E-state index is 13.7. The average molecular weight is 1100 g/mol. The smallest absolute Gasteiger partial charge is 0.409 e. The second-order valence-corrected chi connectivity index (χ2v) is 22.4. The van der Waals surface area contributed by atoms with Crippen LogP contribution in [0.1, 0.15) is 280 Å². The highest BCUT2D eigenvalue weighted by molar-refractivity contribution is 5.70. The number of carbonyl (C=O) groups is 4. The molecule has 0 radical (unpaired) electrons. The zero-order valence-corrected chi connectivity index (χ0v) is 51.7. The van der Waals surface area contributed by atoms with Gasteiger partial charge in [-0.25, -0.2) is 9.59 Å². The average Bonchev–Trinajstić information content (AvgIpc) is 3.42. The van der Waals surface area contributed by atoms with Crippen LogP contribution in [0.25, 0.3) is 0 Å². The van der Waals surface area contributed by atoms with Crippen LogP contribution in [0, 0.1) is 11.8 Å². The highest BCUT2D eigenvalue weighted by Crippen LogP contribution is 2.21. The standard InChI is InChI=1S/C64H126N4O9/c1-8-15-21-23-25-35-45-67(47-37-27-33-43-61(70)76-57-59(39-29-17-10-3)40-30-18-11-4)63(72)74-55-52-66(50-49-65(14-7)51-54-69)53-56-75-64(73)68(46-36-26-24-22-16-9-2)48-38-28-34-44-62(71)77-58-60(41-31-19-12-5)42-32-20-13-6/h59-60,69H,8-58H2,1-7H3. The molecule has 0 saturated heterocycles. The first-order valence-corrected chi connectivity index (χ1v) is 32.8. The van der Waals surface area contributed by atoms with Crippen LogP contribution in [0.4, 0.5) is 9.59 Å². The van der Waals surface area contributed by atoms with Crippen molar-refractivity contribution in [1.82, 2.24) is 19.6 Å². The van der Waals surface area contributed by atoms with Crippen molar-refractivity contribution in [1.29, 1.82) is 0 Å². The number of likely N-dealkylation sites (N-methyl/N-ethyl adjacent to an activating group) is 1. The maximum Gasteiger partial charge on any atom is 0.409 e. The van der Waals surface area contributed by atoms with E-state index < -0.39 is 0 Å². The SMILES string of the molecule is CCCCCCCCN(CCCCCC(=O)OCC(CCCCC)CCCCC)C(=O)OCCN(CCOC(=O)N(CCCCCCCC)CCCCCC(=O)OCC(CCCCC)CCCCC)CCN(CC)CCO. The molecule has 0 unspecified atom stereocenters. The largest absolute Gasteiger partial charge is 0.465 e. The van der Waals surface area contributed by atoms with Gasteiger partial charge in [-0.1, -0.05) is 203 Å². The molecule has 0 heterocycles. The summed E-state index contributed by atoms with van der Waals surface area (Å²) in [5, 5.41) is 9.69. The molecule has 2 amide bonds.